The first-order valence-corrected chi connectivity index (χ1v) is 8.10. The molecular formula is C20H18N4O2. The number of rotatable bonds is 4. The zero-order chi connectivity index (χ0) is 18.5. The van der Waals surface area contributed by atoms with Crippen LogP contribution in [0.5, 0.6) is 0 Å². The number of nitrogens with one attached hydrogen (secondary N) is 2. The first-order valence-electron chi connectivity index (χ1n) is 8.10. The fourth-order valence-electron chi connectivity index (χ4n) is 2.48. The van der Waals surface area contributed by atoms with Crippen LogP contribution in [0.2, 0.25) is 0 Å². The molecule has 0 radical (unpaired) electrons. The number of amides is 2. The van der Waals surface area contributed by atoms with Crippen molar-refractivity contribution in [3.63, 3.8) is 0 Å². The Balaban J connectivity index is 1.75. The van der Waals surface area contributed by atoms with Crippen molar-refractivity contribution < 1.29 is 9.59 Å². The van der Waals surface area contributed by atoms with Gasteiger partial charge in [0.25, 0.3) is 5.91 Å². The lowest BCUT2D eigenvalue weighted by molar-refractivity contribution is -0.114. The van der Waals surface area contributed by atoms with E-state index in [1.165, 1.54) is 6.92 Å². The standard InChI is InChI=1S/C20H18N4O2/c1-13-21-11-10-19(22-13)16-4-3-5-18(12-16)24-20(26)15-6-8-17(9-7-15)23-14(2)25/h3-12H,1-2H3,(H,23,25)(H,24,26). The summed E-state index contributed by atoms with van der Waals surface area (Å²) in [6, 6.07) is 16.0. The molecule has 2 amide bonds. The average Bonchev–Trinajstić information content (AvgIpc) is 2.62. The molecule has 0 aliphatic rings. The topological polar surface area (TPSA) is 84.0 Å². The molecule has 0 atom stereocenters. The smallest absolute Gasteiger partial charge is 0.255 e. The van der Waals surface area contributed by atoms with Gasteiger partial charge in [0.2, 0.25) is 5.91 Å². The van der Waals surface area contributed by atoms with Gasteiger partial charge in [-0.1, -0.05) is 12.1 Å². The second kappa shape index (κ2) is 7.57. The van der Waals surface area contributed by atoms with Crippen molar-refractivity contribution in [2.24, 2.45) is 0 Å². The SMILES string of the molecule is CC(=O)Nc1ccc(C(=O)Nc2cccc(-c3ccnc(C)n3)c2)cc1. The van der Waals surface area contributed by atoms with Crippen molar-refractivity contribution in [2.75, 3.05) is 10.6 Å². The van der Waals surface area contributed by atoms with E-state index in [1.54, 1.807) is 30.5 Å². The van der Waals surface area contributed by atoms with Gasteiger partial charge in [-0.25, -0.2) is 9.97 Å². The minimum Gasteiger partial charge on any atom is -0.326 e. The second-order valence-corrected chi connectivity index (χ2v) is 5.78. The molecule has 1 heterocycles. The number of benzene rings is 2. The van der Waals surface area contributed by atoms with E-state index in [0.29, 0.717) is 22.8 Å². The second-order valence-electron chi connectivity index (χ2n) is 5.78. The maximum atomic E-state index is 12.4. The Morgan fingerprint density at radius 2 is 1.69 bits per heavy atom. The highest BCUT2D eigenvalue weighted by molar-refractivity contribution is 6.04. The summed E-state index contributed by atoms with van der Waals surface area (Å²) in [5.41, 5.74) is 3.52. The zero-order valence-corrected chi connectivity index (χ0v) is 14.5. The lowest BCUT2D eigenvalue weighted by atomic mass is 10.1. The molecule has 0 bridgehead atoms. The van der Waals surface area contributed by atoms with Crippen LogP contribution >= 0.6 is 0 Å². The molecule has 6 nitrogen and oxygen atoms in total. The van der Waals surface area contributed by atoms with Gasteiger partial charge in [0.05, 0.1) is 5.69 Å². The average molecular weight is 346 g/mol. The molecule has 26 heavy (non-hydrogen) atoms. The molecule has 130 valence electrons. The predicted molar refractivity (Wildman–Crippen MR) is 101 cm³/mol. The van der Waals surface area contributed by atoms with Gasteiger partial charge in [-0.3, -0.25) is 9.59 Å². The van der Waals surface area contributed by atoms with Gasteiger partial charge in [0.15, 0.2) is 0 Å². The summed E-state index contributed by atoms with van der Waals surface area (Å²) in [7, 11) is 0. The zero-order valence-electron chi connectivity index (χ0n) is 14.5. The first-order chi connectivity index (χ1) is 12.5. The van der Waals surface area contributed by atoms with E-state index in [9.17, 15) is 9.59 Å². The third-order valence-corrected chi connectivity index (χ3v) is 3.66. The number of carbonyl (C=O) groups is 2. The monoisotopic (exact) mass is 346 g/mol. The van der Waals surface area contributed by atoms with Crippen LogP contribution in [0.15, 0.2) is 60.8 Å². The lowest BCUT2D eigenvalue weighted by Crippen LogP contribution is -2.12. The molecule has 3 rings (SSSR count). The number of hydrogen-bond acceptors (Lipinski definition) is 4. The van der Waals surface area contributed by atoms with E-state index in [4.69, 9.17) is 0 Å². The van der Waals surface area contributed by atoms with Crippen LogP contribution in [0.3, 0.4) is 0 Å². The molecule has 2 N–H and O–H groups in total. The molecule has 6 heteroatoms. The fraction of sp³-hybridized carbons (Fsp3) is 0.100. The van der Waals surface area contributed by atoms with Gasteiger partial charge >= 0.3 is 0 Å². The lowest BCUT2D eigenvalue weighted by Gasteiger charge is -2.08. The van der Waals surface area contributed by atoms with Gasteiger partial charge in [0, 0.05) is 35.6 Å². The maximum absolute atomic E-state index is 12.4. The Kier molecular flexibility index (Phi) is 5.03. The Morgan fingerprint density at radius 3 is 2.38 bits per heavy atom. The highest BCUT2D eigenvalue weighted by Gasteiger charge is 2.08. The van der Waals surface area contributed by atoms with Crippen molar-refractivity contribution >= 4 is 23.2 Å². The number of carbonyl (C=O) groups excluding carboxylic acids is 2. The summed E-state index contributed by atoms with van der Waals surface area (Å²) >= 11 is 0. The third-order valence-electron chi connectivity index (χ3n) is 3.66. The van der Waals surface area contributed by atoms with E-state index in [-0.39, 0.29) is 11.8 Å². The summed E-state index contributed by atoms with van der Waals surface area (Å²) in [4.78, 5) is 32.0. The van der Waals surface area contributed by atoms with Crippen LogP contribution in [-0.2, 0) is 4.79 Å². The Morgan fingerprint density at radius 1 is 0.923 bits per heavy atom. The summed E-state index contributed by atoms with van der Waals surface area (Å²) in [6.45, 7) is 3.27. The van der Waals surface area contributed by atoms with E-state index in [0.717, 1.165) is 11.3 Å². The van der Waals surface area contributed by atoms with E-state index < -0.39 is 0 Å². The fourth-order valence-corrected chi connectivity index (χ4v) is 2.48. The van der Waals surface area contributed by atoms with Crippen LogP contribution < -0.4 is 10.6 Å². The van der Waals surface area contributed by atoms with Gasteiger partial charge in [0.1, 0.15) is 5.82 Å². The Labute approximate surface area is 151 Å². The molecule has 0 spiro atoms. The highest BCUT2D eigenvalue weighted by Crippen LogP contribution is 2.21. The Hall–Kier alpha value is -3.54. The van der Waals surface area contributed by atoms with Crippen LogP contribution in [0.1, 0.15) is 23.1 Å². The van der Waals surface area contributed by atoms with E-state index >= 15 is 0 Å². The molecule has 0 saturated carbocycles. The van der Waals surface area contributed by atoms with E-state index in [1.807, 2.05) is 37.3 Å². The summed E-state index contributed by atoms with van der Waals surface area (Å²) in [5, 5.41) is 5.54. The van der Waals surface area contributed by atoms with Crippen molar-refractivity contribution in [3.8, 4) is 11.3 Å². The summed E-state index contributed by atoms with van der Waals surface area (Å²) in [6.07, 6.45) is 1.71. The molecule has 0 fully saturated rings. The minimum atomic E-state index is -0.226. The predicted octanol–water partition coefficient (Wildman–Crippen LogP) is 3.66. The molecular weight excluding hydrogens is 328 g/mol. The van der Waals surface area contributed by atoms with Gasteiger partial charge in [-0.2, -0.15) is 0 Å². The number of anilines is 2. The van der Waals surface area contributed by atoms with Crippen LogP contribution in [0, 0.1) is 6.92 Å². The number of hydrogen-bond donors (Lipinski definition) is 2. The maximum Gasteiger partial charge on any atom is 0.255 e. The molecule has 0 saturated heterocycles. The summed E-state index contributed by atoms with van der Waals surface area (Å²) < 4.78 is 0. The van der Waals surface area contributed by atoms with Crippen molar-refractivity contribution in [3.05, 3.63) is 72.2 Å². The summed E-state index contributed by atoms with van der Waals surface area (Å²) in [5.74, 6) is 0.311. The van der Waals surface area contributed by atoms with Gasteiger partial charge in [-0.15, -0.1) is 0 Å². The van der Waals surface area contributed by atoms with Gasteiger partial charge < -0.3 is 10.6 Å². The largest absolute Gasteiger partial charge is 0.326 e. The van der Waals surface area contributed by atoms with Crippen LogP contribution in [-0.4, -0.2) is 21.8 Å². The third kappa shape index (κ3) is 4.30. The van der Waals surface area contributed by atoms with Gasteiger partial charge in [-0.05, 0) is 49.4 Å². The highest BCUT2D eigenvalue weighted by atomic mass is 16.2. The van der Waals surface area contributed by atoms with Crippen LogP contribution in [0.25, 0.3) is 11.3 Å². The number of aryl methyl sites for hydroxylation is 1. The molecule has 0 aliphatic carbocycles. The van der Waals surface area contributed by atoms with Crippen molar-refractivity contribution in [1.82, 2.24) is 9.97 Å². The normalized spacial score (nSPS) is 10.2. The molecule has 2 aromatic carbocycles. The van der Waals surface area contributed by atoms with Crippen molar-refractivity contribution in [2.45, 2.75) is 13.8 Å². The molecule has 3 aromatic rings. The molecule has 0 aliphatic heterocycles. The molecule has 1 aromatic heterocycles. The Bertz CT molecular complexity index is 952. The van der Waals surface area contributed by atoms with Crippen LogP contribution in [0.4, 0.5) is 11.4 Å². The van der Waals surface area contributed by atoms with E-state index in [2.05, 4.69) is 20.6 Å². The number of nitrogens with zero attached hydrogens (tertiary/aromatic N) is 2. The first kappa shape index (κ1) is 17.3. The number of aromatic nitrogens is 2. The minimum absolute atomic E-state index is 0.154. The quantitative estimate of drug-likeness (QED) is 0.755. The molecule has 0 unspecified atom stereocenters. The van der Waals surface area contributed by atoms with Crippen molar-refractivity contribution in [1.29, 1.82) is 0 Å².